The molecule has 1 aromatic rings. The maximum absolute atomic E-state index is 11.7. The number of hydrogen-bond acceptors (Lipinski definition) is 4. The molecule has 1 heterocycles. The van der Waals surface area contributed by atoms with Crippen molar-refractivity contribution in [3.8, 4) is 0 Å². The first-order valence-corrected chi connectivity index (χ1v) is 7.00. The molecule has 0 saturated carbocycles. The normalized spacial score (nSPS) is 12.0. The Labute approximate surface area is 124 Å². The summed E-state index contributed by atoms with van der Waals surface area (Å²) in [6.45, 7) is 4.63. The first-order chi connectivity index (χ1) is 9.99. The molecule has 116 valence electrons. The van der Waals surface area contributed by atoms with Crippen LogP contribution >= 0.6 is 0 Å². The van der Waals surface area contributed by atoms with Gasteiger partial charge in [0.15, 0.2) is 0 Å². The van der Waals surface area contributed by atoms with E-state index in [2.05, 4.69) is 34.4 Å². The van der Waals surface area contributed by atoms with Gasteiger partial charge in [0.2, 0.25) is 0 Å². The number of amides is 2. The zero-order valence-electron chi connectivity index (χ0n) is 12.4. The predicted octanol–water partition coefficient (Wildman–Crippen LogP) is 2.13. The number of hydrogen-bond donors (Lipinski definition) is 3. The quantitative estimate of drug-likeness (QED) is 0.681. The second-order valence-electron chi connectivity index (χ2n) is 5.23. The van der Waals surface area contributed by atoms with Crippen LogP contribution in [-0.2, 0) is 4.79 Å². The Morgan fingerprint density at radius 1 is 1.24 bits per heavy atom. The number of rotatable bonds is 8. The average molecular weight is 294 g/mol. The van der Waals surface area contributed by atoms with Crippen molar-refractivity contribution in [2.45, 2.75) is 33.1 Å². The summed E-state index contributed by atoms with van der Waals surface area (Å²) in [5, 5.41) is 14.1. The van der Waals surface area contributed by atoms with E-state index in [4.69, 9.17) is 5.11 Å². The molecule has 0 aliphatic rings. The number of aliphatic carboxylic acids is 1. The first-order valence-electron chi connectivity index (χ1n) is 7.00. The number of carbonyl (C=O) groups is 2. The minimum atomic E-state index is -0.782. The molecular formula is C14H22N4O3. The number of aromatic nitrogens is 2. The number of carboxylic acid groups (broad SMARTS) is 1. The molecule has 0 aliphatic heterocycles. The molecule has 0 spiro atoms. The van der Waals surface area contributed by atoms with Gasteiger partial charge in [-0.3, -0.25) is 4.79 Å². The van der Waals surface area contributed by atoms with Gasteiger partial charge >= 0.3 is 12.0 Å². The van der Waals surface area contributed by atoms with E-state index in [0.29, 0.717) is 24.6 Å². The van der Waals surface area contributed by atoms with Gasteiger partial charge in [-0.1, -0.05) is 13.8 Å². The van der Waals surface area contributed by atoms with E-state index in [1.165, 1.54) is 18.7 Å². The molecule has 7 nitrogen and oxygen atoms in total. The lowest BCUT2D eigenvalue weighted by Gasteiger charge is -2.20. The molecule has 7 heteroatoms. The van der Waals surface area contributed by atoms with Crippen molar-refractivity contribution >= 4 is 17.7 Å². The third-order valence-electron chi connectivity index (χ3n) is 3.29. The minimum absolute atomic E-state index is 0.163. The number of carbonyl (C=O) groups excluding carboxylic acids is 1. The Morgan fingerprint density at radius 2 is 1.90 bits per heavy atom. The van der Waals surface area contributed by atoms with Crippen molar-refractivity contribution in [2.75, 3.05) is 11.9 Å². The van der Waals surface area contributed by atoms with E-state index in [1.54, 1.807) is 0 Å². The molecule has 1 unspecified atom stereocenters. The van der Waals surface area contributed by atoms with Crippen LogP contribution in [0.1, 0.15) is 33.1 Å². The fourth-order valence-corrected chi connectivity index (χ4v) is 2.03. The zero-order chi connectivity index (χ0) is 15.7. The number of anilines is 1. The molecule has 0 aliphatic carbocycles. The predicted molar refractivity (Wildman–Crippen MR) is 78.9 cm³/mol. The lowest BCUT2D eigenvalue weighted by atomic mass is 9.88. The van der Waals surface area contributed by atoms with E-state index >= 15 is 0 Å². The number of carboxylic acids is 1. The fourth-order valence-electron chi connectivity index (χ4n) is 2.03. The third kappa shape index (κ3) is 7.24. The highest BCUT2D eigenvalue weighted by atomic mass is 16.4. The molecule has 0 saturated heterocycles. The Bertz CT molecular complexity index is 451. The highest BCUT2D eigenvalue weighted by Gasteiger charge is 2.15. The fraction of sp³-hybridized carbons (Fsp3) is 0.571. The number of nitrogens with one attached hydrogen (secondary N) is 2. The Morgan fingerprint density at radius 3 is 2.48 bits per heavy atom. The van der Waals surface area contributed by atoms with Crippen LogP contribution in [0.25, 0.3) is 0 Å². The average Bonchev–Trinajstić information content (AvgIpc) is 2.43. The van der Waals surface area contributed by atoms with Crippen molar-refractivity contribution in [1.29, 1.82) is 0 Å². The van der Waals surface area contributed by atoms with Crippen molar-refractivity contribution in [2.24, 2.45) is 11.8 Å². The molecule has 2 amide bonds. The zero-order valence-corrected chi connectivity index (χ0v) is 12.4. The van der Waals surface area contributed by atoms with Gasteiger partial charge in [-0.25, -0.2) is 14.8 Å². The third-order valence-corrected chi connectivity index (χ3v) is 3.29. The molecule has 21 heavy (non-hydrogen) atoms. The molecular weight excluding hydrogens is 272 g/mol. The maximum atomic E-state index is 11.7. The summed E-state index contributed by atoms with van der Waals surface area (Å²) in [6.07, 6.45) is 5.95. The molecule has 0 fully saturated rings. The summed E-state index contributed by atoms with van der Waals surface area (Å²) in [4.78, 5) is 29.9. The SMILES string of the molecule is CC(C)C(CCNC(=O)Nc1cncnc1)CCC(=O)O. The van der Waals surface area contributed by atoms with Crippen molar-refractivity contribution < 1.29 is 14.7 Å². The monoisotopic (exact) mass is 294 g/mol. The second-order valence-corrected chi connectivity index (χ2v) is 5.23. The molecule has 1 aromatic heterocycles. The van der Waals surface area contributed by atoms with Crippen LogP contribution in [0, 0.1) is 11.8 Å². The van der Waals surface area contributed by atoms with Crippen LogP contribution in [0.4, 0.5) is 10.5 Å². The van der Waals surface area contributed by atoms with E-state index < -0.39 is 5.97 Å². The Kier molecular flexibility index (Phi) is 7.14. The van der Waals surface area contributed by atoms with Crippen LogP contribution in [0.5, 0.6) is 0 Å². The first kappa shape index (κ1) is 16.9. The van der Waals surface area contributed by atoms with Gasteiger partial charge in [-0.15, -0.1) is 0 Å². The van der Waals surface area contributed by atoms with Crippen LogP contribution in [0.3, 0.4) is 0 Å². The summed E-state index contributed by atoms with van der Waals surface area (Å²) in [5.41, 5.74) is 0.529. The van der Waals surface area contributed by atoms with Gasteiger partial charge < -0.3 is 15.7 Å². The van der Waals surface area contributed by atoms with E-state index in [1.807, 2.05) is 0 Å². The van der Waals surface area contributed by atoms with Crippen LogP contribution in [-0.4, -0.2) is 33.6 Å². The molecule has 1 atom stereocenters. The van der Waals surface area contributed by atoms with Crippen molar-refractivity contribution in [1.82, 2.24) is 15.3 Å². The van der Waals surface area contributed by atoms with Crippen LogP contribution in [0.15, 0.2) is 18.7 Å². The second kappa shape index (κ2) is 8.89. The molecule has 0 bridgehead atoms. The van der Waals surface area contributed by atoms with Gasteiger partial charge in [0.1, 0.15) is 6.33 Å². The molecule has 0 radical (unpaired) electrons. The van der Waals surface area contributed by atoms with Crippen LogP contribution in [0.2, 0.25) is 0 Å². The highest BCUT2D eigenvalue weighted by molar-refractivity contribution is 5.88. The summed E-state index contributed by atoms with van der Waals surface area (Å²) >= 11 is 0. The number of urea groups is 1. The molecule has 0 aromatic carbocycles. The van der Waals surface area contributed by atoms with Gasteiger partial charge in [-0.2, -0.15) is 0 Å². The Balaban J connectivity index is 2.29. The lowest BCUT2D eigenvalue weighted by molar-refractivity contribution is -0.137. The highest BCUT2D eigenvalue weighted by Crippen LogP contribution is 2.20. The van der Waals surface area contributed by atoms with E-state index in [-0.39, 0.29) is 18.4 Å². The minimum Gasteiger partial charge on any atom is -0.481 e. The van der Waals surface area contributed by atoms with Crippen molar-refractivity contribution in [3.05, 3.63) is 18.7 Å². The molecule has 3 N–H and O–H groups in total. The van der Waals surface area contributed by atoms with Crippen molar-refractivity contribution in [3.63, 3.8) is 0 Å². The lowest BCUT2D eigenvalue weighted by Crippen LogP contribution is -2.31. The smallest absolute Gasteiger partial charge is 0.319 e. The molecule has 1 rings (SSSR count). The van der Waals surface area contributed by atoms with Crippen LogP contribution < -0.4 is 10.6 Å². The summed E-state index contributed by atoms with van der Waals surface area (Å²) < 4.78 is 0. The Hall–Kier alpha value is -2.18. The van der Waals surface area contributed by atoms with E-state index in [9.17, 15) is 9.59 Å². The largest absolute Gasteiger partial charge is 0.481 e. The van der Waals surface area contributed by atoms with Gasteiger partial charge in [-0.05, 0) is 24.7 Å². The topological polar surface area (TPSA) is 104 Å². The number of nitrogens with zero attached hydrogens (tertiary/aromatic N) is 2. The van der Waals surface area contributed by atoms with E-state index in [0.717, 1.165) is 6.42 Å². The van der Waals surface area contributed by atoms with Gasteiger partial charge in [0.05, 0.1) is 18.1 Å². The summed E-state index contributed by atoms with van der Waals surface area (Å²) in [6, 6.07) is -0.314. The van der Waals surface area contributed by atoms with Gasteiger partial charge in [0, 0.05) is 13.0 Å². The standard InChI is InChI=1S/C14H22N4O3/c1-10(2)11(3-4-13(19)20)5-6-17-14(21)18-12-7-15-9-16-8-12/h7-11H,3-6H2,1-2H3,(H,19,20)(H2,17,18,21). The van der Waals surface area contributed by atoms with Gasteiger partial charge in [0.25, 0.3) is 0 Å². The summed E-state index contributed by atoms with van der Waals surface area (Å²) in [5.74, 6) is -0.117. The maximum Gasteiger partial charge on any atom is 0.319 e. The summed E-state index contributed by atoms with van der Waals surface area (Å²) in [7, 11) is 0.